The van der Waals surface area contributed by atoms with Crippen molar-refractivity contribution in [1.29, 1.82) is 0 Å². The van der Waals surface area contributed by atoms with Crippen LogP contribution in [0.4, 0.5) is 14.5 Å². The van der Waals surface area contributed by atoms with Gasteiger partial charge in [0.1, 0.15) is 5.75 Å². The van der Waals surface area contributed by atoms with E-state index in [1.807, 2.05) is 18.4 Å². The monoisotopic (exact) mass is 369 g/mol. The zero-order valence-corrected chi connectivity index (χ0v) is 14.8. The van der Waals surface area contributed by atoms with Gasteiger partial charge in [0.2, 0.25) is 0 Å². The van der Waals surface area contributed by atoms with Crippen LogP contribution < -0.4 is 10.1 Å². The van der Waals surface area contributed by atoms with Gasteiger partial charge < -0.3 is 10.1 Å². The molecule has 2 aromatic carbocycles. The lowest BCUT2D eigenvalue weighted by molar-refractivity contribution is -0.122. The van der Waals surface area contributed by atoms with Gasteiger partial charge in [-0.3, -0.25) is 4.79 Å². The Bertz CT molecular complexity index is 681. The SMILES string of the molecule is CSc1ccc(OC(C)C(=O)Nc2ccccc2SC(F)F)cc1. The molecule has 1 amide bonds. The number of hydrogen-bond donors (Lipinski definition) is 1. The summed E-state index contributed by atoms with van der Waals surface area (Å²) >= 11 is 2.01. The molecule has 0 fully saturated rings. The molecule has 1 unspecified atom stereocenters. The van der Waals surface area contributed by atoms with E-state index in [-0.39, 0.29) is 0 Å². The zero-order chi connectivity index (χ0) is 17.5. The van der Waals surface area contributed by atoms with E-state index in [9.17, 15) is 13.6 Å². The third-order valence-corrected chi connectivity index (χ3v) is 4.63. The minimum Gasteiger partial charge on any atom is -0.481 e. The number of hydrogen-bond acceptors (Lipinski definition) is 4. The highest BCUT2D eigenvalue weighted by Gasteiger charge is 2.17. The molecule has 3 nitrogen and oxygen atoms in total. The van der Waals surface area contributed by atoms with Gasteiger partial charge in [0.25, 0.3) is 11.7 Å². The van der Waals surface area contributed by atoms with Gasteiger partial charge in [0.15, 0.2) is 6.10 Å². The van der Waals surface area contributed by atoms with Crippen LogP contribution in [0.1, 0.15) is 6.92 Å². The highest BCUT2D eigenvalue weighted by Crippen LogP contribution is 2.31. The Hall–Kier alpha value is -1.73. The number of rotatable bonds is 7. The van der Waals surface area contributed by atoms with Crippen LogP contribution in [0.5, 0.6) is 5.75 Å². The van der Waals surface area contributed by atoms with Crippen LogP contribution in [0.15, 0.2) is 58.3 Å². The fourth-order valence-electron chi connectivity index (χ4n) is 1.91. The van der Waals surface area contributed by atoms with Crippen molar-refractivity contribution in [3.63, 3.8) is 0 Å². The summed E-state index contributed by atoms with van der Waals surface area (Å²) in [5, 5.41) is 2.64. The van der Waals surface area contributed by atoms with E-state index in [0.29, 0.717) is 28.1 Å². The van der Waals surface area contributed by atoms with Gasteiger partial charge in [-0.15, -0.1) is 11.8 Å². The lowest BCUT2D eigenvalue weighted by Gasteiger charge is -2.16. The van der Waals surface area contributed by atoms with Crippen LogP contribution in [0.3, 0.4) is 0 Å². The van der Waals surface area contributed by atoms with Crippen molar-refractivity contribution >= 4 is 35.1 Å². The maximum Gasteiger partial charge on any atom is 0.288 e. The van der Waals surface area contributed by atoms with E-state index in [1.54, 1.807) is 55.1 Å². The van der Waals surface area contributed by atoms with Gasteiger partial charge in [-0.2, -0.15) is 8.78 Å². The Balaban J connectivity index is 2.01. The summed E-state index contributed by atoms with van der Waals surface area (Å²) in [5.41, 5.74) is 0.348. The molecule has 2 aromatic rings. The minimum atomic E-state index is -2.55. The second-order valence-electron chi connectivity index (χ2n) is 4.80. The zero-order valence-electron chi connectivity index (χ0n) is 13.2. The number of alkyl halides is 2. The molecule has 0 saturated carbocycles. The average Bonchev–Trinajstić information content (AvgIpc) is 2.56. The molecule has 128 valence electrons. The summed E-state index contributed by atoms with van der Waals surface area (Å²) in [6, 6.07) is 13.8. The molecule has 0 aromatic heterocycles. The normalized spacial score (nSPS) is 12.0. The van der Waals surface area contributed by atoms with Crippen LogP contribution in [0, 0.1) is 0 Å². The van der Waals surface area contributed by atoms with Crippen LogP contribution in [-0.4, -0.2) is 24.0 Å². The van der Waals surface area contributed by atoms with Crippen molar-refractivity contribution in [3.8, 4) is 5.75 Å². The Labute approximate surface area is 148 Å². The summed E-state index contributed by atoms with van der Waals surface area (Å²) in [6.45, 7) is 1.61. The predicted octanol–water partition coefficient (Wildman–Crippen LogP) is 5.13. The molecular weight excluding hydrogens is 352 g/mol. The fraction of sp³-hybridized carbons (Fsp3) is 0.235. The van der Waals surface area contributed by atoms with E-state index in [4.69, 9.17) is 4.74 Å². The lowest BCUT2D eigenvalue weighted by atomic mass is 10.3. The van der Waals surface area contributed by atoms with Crippen LogP contribution in [0.25, 0.3) is 0 Å². The Morgan fingerprint density at radius 1 is 1.12 bits per heavy atom. The molecule has 2 rings (SSSR count). The number of ether oxygens (including phenoxy) is 1. The van der Waals surface area contributed by atoms with Crippen molar-refractivity contribution in [1.82, 2.24) is 0 Å². The van der Waals surface area contributed by atoms with E-state index in [1.165, 1.54) is 0 Å². The van der Waals surface area contributed by atoms with E-state index in [2.05, 4.69) is 5.32 Å². The van der Waals surface area contributed by atoms with Crippen molar-refractivity contribution in [3.05, 3.63) is 48.5 Å². The number of carbonyl (C=O) groups is 1. The van der Waals surface area contributed by atoms with Gasteiger partial charge >= 0.3 is 0 Å². The smallest absolute Gasteiger partial charge is 0.288 e. The third kappa shape index (κ3) is 5.42. The second kappa shape index (κ2) is 8.94. The summed E-state index contributed by atoms with van der Waals surface area (Å²) in [4.78, 5) is 13.7. The van der Waals surface area contributed by atoms with Gasteiger partial charge in [-0.1, -0.05) is 23.9 Å². The van der Waals surface area contributed by atoms with Gasteiger partial charge in [0.05, 0.1) is 5.69 Å². The van der Waals surface area contributed by atoms with Gasteiger partial charge in [-0.05, 0) is 49.6 Å². The lowest BCUT2D eigenvalue weighted by Crippen LogP contribution is -2.30. The molecule has 1 atom stereocenters. The van der Waals surface area contributed by atoms with Crippen LogP contribution in [-0.2, 0) is 4.79 Å². The number of thioether (sulfide) groups is 2. The molecule has 0 aliphatic rings. The van der Waals surface area contributed by atoms with Gasteiger partial charge in [-0.25, -0.2) is 0 Å². The van der Waals surface area contributed by atoms with E-state index >= 15 is 0 Å². The topological polar surface area (TPSA) is 38.3 Å². The maximum absolute atomic E-state index is 12.6. The molecule has 7 heteroatoms. The van der Waals surface area contributed by atoms with E-state index < -0.39 is 17.8 Å². The molecule has 0 aliphatic carbocycles. The number of nitrogens with one attached hydrogen (secondary N) is 1. The van der Waals surface area contributed by atoms with Crippen molar-refractivity contribution < 1.29 is 18.3 Å². The Morgan fingerprint density at radius 2 is 1.79 bits per heavy atom. The molecule has 0 saturated heterocycles. The number of carbonyl (C=O) groups excluding carboxylic acids is 1. The summed E-state index contributed by atoms with van der Waals surface area (Å²) in [7, 11) is 0. The largest absolute Gasteiger partial charge is 0.481 e. The number of benzene rings is 2. The predicted molar refractivity (Wildman–Crippen MR) is 95.2 cm³/mol. The highest BCUT2D eigenvalue weighted by molar-refractivity contribution is 7.99. The highest BCUT2D eigenvalue weighted by atomic mass is 32.2. The standard InChI is InChI=1S/C17H17F2NO2S2/c1-11(22-12-7-9-13(23-2)10-8-12)16(21)20-14-5-3-4-6-15(14)24-17(18)19/h3-11,17H,1-2H3,(H,20,21). The molecule has 1 N–H and O–H groups in total. The van der Waals surface area contributed by atoms with Crippen molar-refractivity contribution in [2.45, 2.75) is 28.6 Å². The number of amides is 1. The fourth-order valence-corrected chi connectivity index (χ4v) is 2.92. The van der Waals surface area contributed by atoms with Crippen molar-refractivity contribution in [2.75, 3.05) is 11.6 Å². The minimum absolute atomic E-state index is 0.317. The molecule has 0 aliphatic heterocycles. The first kappa shape index (κ1) is 18.6. The number of para-hydroxylation sites is 1. The van der Waals surface area contributed by atoms with Crippen LogP contribution >= 0.6 is 23.5 Å². The summed E-state index contributed by atoms with van der Waals surface area (Å²) < 4.78 is 30.7. The molecule has 24 heavy (non-hydrogen) atoms. The Morgan fingerprint density at radius 3 is 2.42 bits per heavy atom. The average molecular weight is 369 g/mol. The molecule has 0 spiro atoms. The first-order valence-electron chi connectivity index (χ1n) is 7.15. The van der Waals surface area contributed by atoms with Gasteiger partial charge in [0, 0.05) is 9.79 Å². The Kier molecular flexibility index (Phi) is 6.93. The summed E-state index contributed by atoms with van der Waals surface area (Å²) in [6.07, 6.45) is 1.22. The van der Waals surface area contributed by atoms with Crippen LogP contribution in [0.2, 0.25) is 0 Å². The molecule has 0 bridgehead atoms. The first-order valence-corrected chi connectivity index (χ1v) is 9.25. The quantitative estimate of drug-likeness (QED) is 0.687. The molecule has 0 heterocycles. The molecular formula is C17H17F2NO2S2. The second-order valence-corrected chi connectivity index (χ2v) is 6.71. The van der Waals surface area contributed by atoms with E-state index in [0.717, 1.165) is 4.90 Å². The number of halogens is 2. The van der Waals surface area contributed by atoms with Crippen molar-refractivity contribution in [2.24, 2.45) is 0 Å². The maximum atomic E-state index is 12.6. The number of anilines is 1. The molecule has 0 radical (unpaired) electrons. The first-order chi connectivity index (χ1) is 11.5. The summed E-state index contributed by atoms with van der Waals surface area (Å²) in [5.74, 6) is -2.37. The third-order valence-electron chi connectivity index (χ3n) is 3.10.